The first-order valence-corrected chi connectivity index (χ1v) is 9.72. The summed E-state index contributed by atoms with van der Waals surface area (Å²) in [5.41, 5.74) is 0.817. The molecule has 0 saturated carbocycles. The molecule has 1 saturated heterocycles. The summed E-state index contributed by atoms with van der Waals surface area (Å²) in [5, 5.41) is 12.5. The van der Waals surface area contributed by atoms with Crippen LogP contribution in [0.5, 0.6) is 11.5 Å². The van der Waals surface area contributed by atoms with E-state index in [9.17, 15) is 14.7 Å². The van der Waals surface area contributed by atoms with Crippen molar-refractivity contribution in [3.8, 4) is 11.5 Å². The maximum atomic E-state index is 13.0. The van der Waals surface area contributed by atoms with Crippen LogP contribution in [-0.2, 0) is 9.59 Å². The summed E-state index contributed by atoms with van der Waals surface area (Å²) < 4.78 is 6.18. The summed E-state index contributed by atoms with van der Waals surface area (Å²) in [7, 11) is 0. The van der Waals surface area contributed by atoms with Crippen LogP contribution in [0, 0.1) is 0 Å². The van der Waals surface area contributed by atoms with Crippen LogP contribution in [0.1, 0.15) is 12.5 Å². The number of phenolic OH excluding ortho intramolecular Hbond substituents is 1. The molecule has 0 spiro atoms. The lowest BCUT2D eigenvalue weighted by atomic mass is 10.1. The average Bonchev–Trinajstić information content (AvgIpc) is 2.64. The van der Waals surface area contributed by atoms with Gasteiger partial charge in [0.15, 0.2) is 16.6 Å². The number of ether oxygens (including phenoxy) is 1. The van der Waals surface area contributed by atoms with Crippen molar-refractivity contribution < 1.29 is 19.4 Å². The normalized spacial score (nSPS) is 15.8. The number of carbonyl (C=O) groups is 2. The number of benzene rings is 2. The lowest BCUT2D eigenvalue weighted by molar-refractivity contribution is -0.122. The number of phenols is 1. The molecule has 3 rings (SSSR count). The average molecular weight is 482 g/mol. The van der Waals surface area contributed by atoms with Crippen molar-refractivity contribution >= 4 is 68.4 Å². The van der Waals surface area contributed by atoms with E-state index in [4.69, 9.17) is 28.6 Å². The van der Waals surface area contributed by atoms with Gasteiger partial charge in [0.25, 0.3) is 11.8 Å². The highest BCUT2D eigenvalue weighted by molar-refractivity contribution is 9.10. The van der Waals surface area contributed by atoms with Crippen molar-refractivity contribution in [2.45, 2.75) is 6.92 Å². The first-order valence-electron chi connectivity index (χ1n) is 8.14. The molecule has 0 aromatic heterocycles. The molecule has 6 nitrogen and oxygen atoms in total. The number of rotatable bonds is 4. The summed E-state index contributed by atoms with van der Waals surface area (Å²) >= 11 is 14.5. The van der Waals surface area contributed by atoms with E-state index >= 15 is 0 Å². The molecule has 0 bridgehead atoms. The number of halogens is 2. The minimum absolute atomic E-state index is 0.00628. The third kappa shape index (κ3) is 4.04. The van der Waals surface area contributed by atoms with Gasteiger partial charge in [0.1, 0.15) is 5.57 Å². The second-order valence-electron chi connectivity index (χ2n) is 5.72. The van der Waals surface area contributed by atoms with Gasteiger partial charge in [0, 0.05) is 4.47 Å². The Labute approximate surface area is 179 Å². The zero-order chi connectivity index (χ0) is 20.4. The zero-order valence-electron chi connectivity index (χ0n) is 14.5. The van der Waals surface area contributed by atoms with Crippen LogP contribution in [0.4, 0.5) is 5.69 Å². The first kappa shape index (κ1) is 20.3. The van der Waals surface area contributed by atoms with Crippen molar-refractivity contribution in [2.24, 2.45) is 0 Å². The van der Waals surface area contributed by atoms with Gasteiger partial charge in [-0.25, -0.2) is 0 Å². The van der Waals surface area contributed by atoms with Gasteiger partial charge in [-0.15, -0.1) is 0 Å². The molecule has 1 aliphatic rings. The van der Waals surface area contributed by atoms with Crippen LogP contribution in [0.25, 0.3) is 6.08 Å². The molecular formula is C19H14BrClN2O4S. The van der Waals surface area contributed by atoms with Gasteiger partial charge < -0.3 is 9.84 Å². The minimum Gasteiger partial charge on any atom is -0.503 e. The smallest absolute Gasteiger partial charge is 0.270 e. The number of nitrogens with one attached hydrogen (secondary N) is 1. The summed E-state index contributed by atoms with van der Waals surface area (Å²) in [6, 6.07) is 9.86. The van der Waals surface area contributed by atoms with E-state index in [0.29, 0.717) is 17.9 Å². The van der Waals surface area contributed by atoms with Gasteiger partial charge in [-0.05, 0) is 67.2 Å². The molecule has 1 aliphatic heterocycles. The summed E-state index contributed by atoms with van der Waals surface area (Å²) in [5.74, 6) is -1.24. The van der Waals surface area contributed by atoms with Crippen molar-refractivity contribution in [3.63, 3.8) is 0 Å². The minimum atomic E-state index is -0.620. The second kappa shape index (κ2) is 8.30. The molecule has 0 radical (unpaired) electrons. The summed E-state index contributed by atoms with van der Waals surface area (Å²) in [6.07, 6.45) is 1.37. The molecule has 2 N–H and O–H groups in total. The second-order valence-corrected chi connectivity index (χ2v) is 7.43. The van der Waals surface area contributed by atoms with E-state index in [-0.39, 0.29) is 27.2 Å². The third-order valence-electron chi connectivity index (χ3n) is 3.85. The van der Waals surface area contributed by atoms with E-state index in [1.165, 1.54) is 23.1 Å². The van der Waals surface area contributed by atoms with Crippen molar-refractivity contribution in [1.82, 2.24) is 5.32 Å². The largest absolute Gasteiger partial charge is 0.503 e. The number of hydrogen-bond acceptors (Lipinski definition) is 5. The predicted octanol–water partition coefficient (Wildman–Crippen LogP) is 4.04. The van der Waals surface area contributed by atoms with Crippen molar-refractivity contribution in [1.29, 1.82) is 0 Å². The van der Waals surface area contributed by atoms with Crippen LogP contribution >= 0.6 is 39.7 Å². The van der Waals surface area contributed by atoms with E-state index in [1.54, 1.807) is 31.2 Å². The monoisotopic (exact) mass is 480 g/mol. The number of thiocarbonyl (C=S) groups is 1. The van der Waals surface area contributed by atoms with Gasteiger partial charge in [0.2, 0.25) is 0 Å². The molecule has 1 fully saturated rings. The maximum absolute atomic E-state index is 13.0. The zero-order valence-corrected chi connectivity index (χ0v) is 17.7. The van der Waals surface area contributed by atoms with Gasteiger partial charge in [0.05, 0.1) is 17.3 Å². The van der Waals surface area contributed by atoms with E-state index < -0.39 is 11.8 Å². The van der Waals surface area contributed by atoms with Crippen LogP contribution in [0.15, 0.2) is 46.4 Å². The predicted molar refractivity (Wildman–Crippen MR) is 115 cm³/mol. The Balaban J connectivity index is 2.03. The molecule has 2 amide bonds. The Morgan fingerprint density at radius 3 is 2.61 bits per heavy atom. The standard InChI is InChI=1S/C19H14BrClN2O4S/c1-2-27-15-9-10(8-14(21)16(15)24)7-13-17(25)22-19(28)23(18(13)26)12-5-3-11(20)4-6-12/h3-9,24H,2H2,1H3,(H,22,25,28). The lowest BCUT2D eigenvalue weighted by Gasteiger charge is -2.29. The Morgan fingerprint density at radius 1 is 1.29 bits per heavy atom. The Kier molecular flexibility index (Phi) is 6.02. The van der Waals surface area contributed by atoms with Crippen LogP contribution < -0.4 is 15.0 Å². The fraction of sp³-hybridized carbons (Fsp3) is 0.105. The topological polar surface area (TPSA) is 78.9 Å². The SMILES string of the molecule is CCOc1cc(C=C2C(=O)NC(=S)N(c3ccc(Br)cc3)C2=O)cc(Cl)c1O. The highest BCUT2D eigenvalue weighted by atomic mass is 79.9. The molecule has 0 unspecified atom stereocenters. The Morgan fingerprint density at radius 2 is 1.96 bits per heavy atom. The molecule has 2 aromatic carbocycles. The molecule has 0 atom stereocenters. The maximum Gasteiger partial charge on any atom is 0.270 e. The third-order valence-corrected chi connectivity index (χ3v) is 4.95. The molecule has 9 heteroatoms. The molecule has 2 aromatic rings. The molecule has 0 aliphatic carbocycles. The number of aromatic hydroxyl groups is 1. The quantitative estimate of drug-likeness (QED) is 0.391. The van der Waals surface area contributed by atoms with Crippen LogP contribution in [0.3, 0.4) is 0 Å². The van der Waals surface area contributed by atoms with Crippen LogP contribution in [-0.4, -0.2) is 28.6 Å². The molecule has 28 heavy (non-hydrogen) atoms. The number of nitrogens with zero attached hydrogens (tertiary/aromatic N) is 1. The number of hydrogen-bond donors (Lipinski definition) is 2. The van der Waals surface area contributed by atoms with Crippen molar-refractivity contribution in [3.05, 3.63) is 57.0 Å². The number of carbonyl (C=O) groups excluding carboxylic acids is 2. The Bertz CT molecular complexity index is 1010. The number of anilines is 1. The van der Waals surface area contributed by atoms with Gasteiger partial charge in [-0.2, -0.15) is 0 Å². The van der Waals surface area contributed by atoms with Gasteiger partial charge in [-0.3, -0.25) is 19.8 Å². The highest BCUT2D eigenvalue weighted by Crippen LogP contribution is 2.36. The fourth-order valence-corrected chi connectivity index (χ4v) is 3.36. The first-order chi connectivity index (χ1) is 13.3. The molecule has 144 valence electrons. The highest BCUT2D eigenvalue weighted by Gasteiger charge is 2.34. The van der Waals surface area contributed by atoms with E-state index in [0.717, 1.165) is 4.47 Å². The number of amides is 2. The Hall–Kier alpha value is -2.42. The van der Waals surface area contributed by atoms with E-state index in [1.807, 2.05) is 0 Å². The van der Waals surface area contributed by atoms with Gasteiger partial charge >= 0.3 is 0 Å². The van der Waals surface area contributed by atoms with Gasteiger partial charge in [-0.1, -0.05) is 27.5 Å². The van der Waals surface area contributed by atoms with Crippen LogP contribution in [0.2, 0.25) is 5.02 Å². The van der Waals surface area contributed by atoms with E-state index in [2.05, 4.69) is 21.2 Å². The van der Waals surface area contributed by atoms with Crippen molar-refractivity contribution in [2.75, 3.05) is 11.5 Å². The fourth-order valence-electron chi connectivity index (χ4n) is 2.59. The summed E-state index contributed by atoms with van der Waals surface area (Å²) in [6.45, 7) is 2.07. The molecular weight excluding hydrogens is 468 g/mol. The lowest BCUT2D eigenvalue weighted by Crippen LogP contribution is -2.54. The summed E-state index contributed by atoms with van der Waals surface area (Å²) in [4.78, 5) is 26.6. The molecule has 1 heterocycles.